The van der Waals surface area contributed by atoms with Gasteiger partial charge in [-0.2, -0.15) is 26.3 Å². The first-order chi connectivity index (χ1) is 15.7. The van der Waals surface area contributed by atoms with Crippen LogP contribution in [-0.2, 0) is 0 Å². The summed E-state index contributed by atoms with van der Waals surface area (Å²) in [6.07, 6.45) is 0. The Morgan fingerprint density at radius 2 is 1.22 bits per heavy atom. The fraction of sp³-hybridized carbons (Fsp3) is 0. The minimum Gasteiger partial charge on any atom is -0.232 e. The first kappa shape index (κ1) is 18.5. The molecule has 1 heterocycles. The number of hydrogen-bond acceptors (Lipinski definition) is 7. The number of benzene rings is 4. The summed E-state index contributed by atoms with van der Waals surface area (Å²) in [7, 11) is 0. The maximum atomic E-state index is 10.0. The van der Waals surface area contributed by atoms with Gasteiger partial charge in [0.1, 0.15) is 30.3 Å². The summed E-state index contributed by atoms with van der Waals surface area (Å²) < 4.78 is 0. The van der Waals surface area contributed by atoms with E-state index in [-0.39, 0.29) is 33.6 Å². The lowest BCUT2D eigenvalue weighted by Crippen LogP contribution is -2.00. The van der Waals surface area contributed by atoms with E-state index in [0.717, 1.165) is 10.8 Å². The van der Waals surface area contributed by atoms with Crippen molar-refractivity contribution in [1.82, 2.24) is 9.97 Å². The van der Waals surface area contributed by atoms with Crippen molar-refractivity contribution >= 4 is 43.4 Å². The van der Waals surface area contributed by atoms with E-state index in [9.17, 15) is 26.3 Å². The molecular formula is C25H7N7. The van der Waals surface area contributed by atoms with E-state index in [4.69, 9.17) is 0 Å². The molecule has 0 aliphatic carbocycles. The summed E-state index contributed by atoms with van der Waals surface area (Å²) in [6, 6.07) is 22.7. The molecule has 0 spiro atoms. The van der Waals surface area contributed by atoms with Crippen LogP contribution in [0.15, 0.2) is 42.5 Å². The van der Waals surface area contributed by atoms with Crippen LogP contribution in [0.4, 0.5) is 0 Å². The molecule has 0 fully saturated rings. The SMILES string of the molecule is N#Cc1cc2c3nc(C#N)c(C#N)nc3c3ccc4ccccc4c3c2c(C#N)c1C#N. The number of aromatic nitrogens is 2. The van der Waals surface area contributed by atoms with Gasteiger partial charge in [-0.3, -0.25) is 0 Å². The van der Waals surface area contributed by atoms with Gasteiger partial charge in [0, 0.05) is 21.5 Å². The first-order valence-electron chi connectivity index (χ1n) is 9.33. The van der Waals surface area contributed by atoms with Crippen molar-refractivity contribution < 1.29 is 0 Å². The quantitative estimate of drug-likeness (QED) is 0.346. The third-order valence-electron chi connectivity index (χ3n) is 5.47. The fourth-order valence-electron chi connectivity index (χ4n) is 4.15. The van der Waals surface area contributed by atoms with Crippen LogP contribution in [0.1, 0.15) is 28.1 Å². The van der Waals surface area contributed by atoms with Crippen LogP contribution in [0.3, 0.4) is 0 Å². The van der Waals surface area contributed by atoms with Crippen molar-refractivity contribution in [2.24, 2.45) is 0 Å². The zero-order valence-corrected chi connectivity index (χ0v) is 16.2. The minimum atomic E-state index is -0.150. The Kier molecular flexibility index (Phi) is 3.90. The zero-order valence-electron chi connectivity index (χ0n) is 16.2. The number of fused-ring (bicyclic) bond motifs is 8. The van der Waals surface area contributed by atoms with Crippen molar-refractivity contribution in [3.63, 3.8) is 0 Å². The molecule has 142 valence electrons. The zero-order chi connectivity index (χ0) is 22.4. The minimum absolute atomic E-state index is 0.0156. The average molecular weight is 405 g/mol. The highest BCUT2D eigenvalue weighted by atomic mass is 14.8. The summed E-state index contributed by atoms with van der Waals surface area (Å²) in [6.45, 7) is 0. The lowest BCUT2D eigenvalue weighted by atomic mass is 9.88. The predicted molar refractivity (Wildman–Crippen MR) is 116 cm³/mol. The highest BCUT2D eigenvalue weighted by Gasteiger charge is 2.22. The first-order valence-corrected chi connectivity index (χ1v) is 9.33. The van der Waals surface area contributed by atoms with E-state index >= 15 is 0 Å². The predicted octanol–water partition coefficient (Wildman–Crippen LogP) is 4.45. The van der Waals surface area contributed by atoms with Gasteiger partial charge < -0.3 is 0 Å². The Morgan fingerprint density at radius 3 is 1.84 bits per heavy atom. The van der Waals surface area contributed by atoms with Gasteiger partial charge in [0.2, 0.25) is 0 Å². The number of rotatable bonds is 0. The fourth-order valence-corrected chi connectivity index (χ4v) is 4.15. The van der Waals surface area contributed by atoms with Crippen molar-refractivity contribution in [3.8, 4) is 30.3 Å². The van der Waals surface area contributed by atoms with Crippen molar-refractivity contribution in [2.75, 3.05) is 0 Å². The maximum absolute atomic E-state index is 10.0. The van der Waals surface area contributed by atoms with E-state index in [2.05, 4.69) is 16.0 Å². The van der Waals surface area contributed by atoms with Crippen molar-refractivity contribution in [1.29, 1.82) is 26.3 Å². The van der Waals surface area contributed by atoms with E-state index in [1.165, 1.54) is 6.07 Å². The molecule has 7 nitrogen and oxygen atoms in total. The Hall–Kier alpha value is -5.55. The number of nitrogens with zero attached hydrogens (tertiary/aromatic N) is 7. The molecule has 0 aliphatic heterocycles. The standard InChI is InChI=1S/C25H7N7/c26-8-14-7-17-23(19(10-28)18(14)9-27)22-15-4-2-1-3-13(15)5-6-16(22)24-25(17)32-21(12-30)20(11-29)31-24/h1-7H. The molecule has 1 aromatic heterocycles. The lowest BCUT2D eigenvalue weighted by Gasteiger charge is -2.14. The summed E-state index contributed by atoms with van der Waals surface area (Å²) in [5, 5.41) is 52.2. The molecule has 0 saturated heterocycles. The van der Waals surface area contributed by atoms with E-state index in [1.54, 1.807) is 0 Å². The van der Waals surface area contributed by atoms with Gasteiger partial charge in [-0.25, -0.2) is 9.97 Å². The van der Waals surface area contributed by atoms with Crippen LogP contribution >= 0.6 is 0 Å². The van der Waals surface area contributed by atoms with Gasteiger partial charge in [0.15, 0.2) is 11.4 Å². The van der Waals surface area contributed by atoms with E-state index in [1.807, 2.05) is 60.7 Å². The highest BCUT2D eigenvalue weighted by molar-refractivity contribution is 6.31. The normalized spacial score (nSPS) is 10.3. The molecule has 32 heavy (non-hydrogen) atoms. The molecule has 0 amide bonds. The van der Waals surface area contributed by atoms with Gasteiger partial charge in [0.05, 0.1) is 27.7 Å². The van der Waals surface area contributed by atoms with E-state index < -0.39 is 0 Å². The third kappa shape index (κ3) is 2.30. The maximum Gasteiger partial charge on any atom is 0.177 e. The molecule has 4 aromatic carbocycles. The van der Waals surface area contributed by atoms with E-state index in [0.29, 0.717) is 27.1 Å². The van der Waals surface area contributed by atoms with Gasteiger partial charge in [-0.15, -0.1) is 0 Å². The molecule has 0 saturated carbocycles. The van der Waals surface area contributed by atoms with Gasteiger partial charge in [-0.05, 0) is 16.8 Å². The second-order valence-corrected chi connectivity index (χ2v) is 6.98. The van der Waals surface area contributed by atoms with Crippen LogP contribution in [0.5, 0.6) is 0 Å². The molecule has 0 N–H and O–H groups in total. The molecule has 0 unspecified atom stereocenters. The molecular weight excluding hydrogens is 398 g/mol. The van der Waals surface area contributed by atoms with Crippen molar-refractivity contribution in [2.45, 2.75) is 0 Å². The molecule has 0 aliphatic rings. The van der Waals surface area contributed by atoms with Gasteiger partial charge in [0.25, 0.3) is 0 Å². The van der Waals surface area contributed by atoms with Crippen molar-refractivity contribution in [3.05, 3.63) is 70.5 Å². The summed E-state index contributed by atoms with van der Waals surface area (Å²) in [5.41, 5.74) is 0.489. The lowest BCUT2D eigenvalue weighted by molar-refractivity contribution is 1.21. The Bertz CT molecular complexity index is 1880. The third-order valence-corrected chi connectivity index (χ3v) is 5.47. The van der Waals surface area contributed by atoms with Crippen LogP contribution in [0, 0.1) is 56.7 Å². The Labute approximate surface area is 180 Å². The van der Waals surface area contributed by atoms with Crippen LogP contribution < -0.4 is 0 Å². The summed E-state index contributed by atoms with van der Waals surface area (Å²) in [4.78, 5) is 8.81. The van der Waals surface area contributed by atoms with Gasteiger partial charge in [-0.1, -0.05) is 36.4 Å². The van der Waals surface area contributed by atoms with Gasteiger partial charge >= 0.3 is 0 Å². The second-order valence-electron chi connectivity index (χ2n) is 6.98. The molecule has 0 bridgehead atoms. The second kappa shape index (κ2) is 6.76. The molecule has 0 atom stereocenters. The number of hydrogen-bond donors (Lipinski definition) is 0. The van der Waals surface area contributed by atoms with Crippen LogP contribution in [0.25, 0.3) is 43.4 Å². The number of nitriles is 5. The monoisotopic (exact) mass is 405 g/mol. The molecule has 0 radical (unpaired) electrons. The topological polar surface area (TPSA) is 145 Å². The molecule has 5 aromatic rings. The average Bonchev–Trinajstić information content (AvgIpc) is 2.85. The Balaban J connectivity index is 2.27. The Morgan fingerprint density at radius 1 is 0.562 bits per heavy atom. The largest absolute Gasteiger partial charge is 0.232 e. The molecule has 5 rings (SSSR count). The smallest absolute Gasteiger partial charge is 0.177 e. The van der Waals surface area contributed by atoms with Crippen LogP contribution in [-0.4, -0.2) is 9.97 Å². The highest BCUT2D eigenvalue weighted by Crippen LogP contribution is 2.40. The summed E-state index contributed by atoms with van der Waals surface area (Å²) >= 11 is 0. The summed E-state index contributed by atoms with van der Waals surface area (Å²) in [5.74, 6) is 0. The molecule has 7 heteroatoms. The van der Waals surface area contributed by atoms with Crippen LogP contribution in [0.2, 0.25) is 0 Å².